The second-order valence-electron chi connectivity index (χ2n) is 6.78. The predicted octanol–water partition coefficient (Wildman–Crippen LogP) is 2.82. The maximum Gasteiger partial charge on any atom is 0.289 e. The van der Waals surface area contributed by atoms with Crippen LogP contribution in [0.5, 0.6) is 0 Å². The first kappa shape index (κ1) is 17.7. The first-order valence-corrected chi connectivity index (χ1v) is 8.82. The van der Waals surface area contributed by atoms with Gasteiger partial charge in [0.25, 0.3) is 5.91 Å². The van der Waals surface area contributed by atoms with Crippen LogP contribution in [-0.4, -0.2) is 47.0 Å². The highest BCUT2D eigenvalue weighted by Crippen LogP contribution is 2.21. The number of benzene rings is 1. The number of hydrogen-bond acceptors (Lipinski definition) is 4. The Morgan fingerprint density at radius 2 is 2.12 bits per heavy atom. The SMILES string of the molecule is Cc1oc(C(=O)N(C)C2CCCN(Cc3ccccc3)C2)cc1CO. The number of likely N-dealkylation sites (N-methyl/N-ethyl adjacent to an activating group) is 1. The fourth-order valence-corrected chi connectivity index (χ4v) is 3.45. The summed E-state index contributed by atoms with van der Waals surface area (Å²) in [4.78, 5) is 16.9. The molecule has 1 saturated heterocycles. The molecule has 0 spiro atoms. The number of aliphatic hydroxyl groups excluding tert-OH is 1. The van der Waals surface area contributed by atoms with Crippen molar-refractivity contribution in [2.24, 2.45) is 0 Å². The summed E-state index contributed by atoms with van der Waals surface area (Å²) in [7, 11) is 1.84. The molecule has 1 N–H and O–H groups in total. The van der Waals surface area contributed by atoms with E-state index in [1.807, 2.05) is 13.1 Å². The van der Waals surface area contributed by atoms with Crippen LogP contribution in [0.4, 0.5) is 0 Å². The number of piperidine rings is 1. The van der Waals surface area contributed by atoms with Crippen LogP contribution in [0.25, 0.3) is 0 Å². The Bertz CT molecular complexity index is 711. The Labute approximate surface area is 148 Å². The molecule has 3 rings (SSSR count). The molecule has 1 fully saturated rings. The Hall–Kier alpha value is -2.11. The third kappa shape index (κ3) is 4.11. The molecular weight excluding hydrogens is 316 g/mol. The third-order valence-electron chi connectivity index (χ3n) is 5.00. The van der Waals surface area contributed by atoms with Gasteiger partial charge in [-0.1, -0.05) is 30.3 Å². The summed E-state index contributed by atoms with van der Waals surface area (Å²) in [6.07, 6.45) is 2.08. The zero-order valence-corrected chi connectivity index (χ0v) is 14.9. The number of hydrogen-bond donors (Lipinski definition) is 1. The van der Waals surface area contributed by atoms with Crippen LogP contribution >= 0.6 is 0 Å². The number of furan rings is 1. The van der Waals surface area contributed by atoms with Crippen LogP contribution < -0.4 is 0 Å². The van der Waals surface area contributed by atoms with Crippen molar-refractivity contribution in [3.8, 4) is 0 Å². The van der Waals surface area contributed by atoms with E-state index in [1.54, 1.807) is 17.9 Å². The minimum Gasteiger partial charge on any atom is -0.456 e. The topological polar surface area (TPSA) is 56.9 Å². The highest BCUT2D eigenvalue weighted by molar-refractivity contribution is 5.91. The summed E-state index contributed by atoms with van der Waals surface area (Å²) in [6.45, 7) is 4.49. The minimum absolute atomic E-state index is 0.111. The predicted molar refractivity (Wildman–Crippen MR) is 96.2 cm³/mol. The molecule has 0 radical (unpaired) electrons. The molecule has 0 aliphatic carbocycles. The van der Waals surface area contributed by atoms with E-state index in [4.69, 9.17) is 4.42 Å². The standard InChI is InChI=1S/C20H26N2O3/c1-15-17(14-23)11-19(25-15)20(24)21(2)18-9-6-10-22(13-18)12-16-7-4-3-5-8-16/h3-5,7-8,11,18,23H,6,9-10,12-14H2,1-2H3. The molecule has 1 atom stereocenters. The molecule has 2 heterocycles. The van der Waals surface area contributed by atoms with Gasteiger partial charge in [-0.3, -0.25) is 9.69 Å². The summed E-state index contributed by atoms with van der Waals surface area (Å²) in [5, 5.41) is 9.28. The van der Waals surface area contributed by atoms with Crippen molar-refractivity contribution in [3.05, 3.63) is 59.0 Å². The van der Waals surface area contributed by atoms with Crippen LogP contribution in [0.3, 0.4) is 0 Å². The van der Waals surface area contributed by atoms with Gasteiger partial charge in [-0.15, -0.1) is 0 Å². The molecule has 1 aromatic carbocycles. The lowest BCUT2D eigenvalue weighted by Crippen LogP contribution is -2.48. The fourth-order valence-electron chi connectivity index (χ4n) is 3.45. The zero-order chi connectivity index (χ0) is 17.8. The second kappa shape index (κ2) is 7.85. The number of amides is 1. The molecule has 25 heavy (non-hydrogen) atoms. The van der Waals surface area contributed by atoms with Crippen LogP contribution in [0.2, 0.25) is 0 Å². The number of likely N-dealkylation sites (tertiary alicyclic amines) is 1. The Morgan fingerprint density at radius 1 is 1.36 bits per heavy atom. The number of carbonyl (C=O) groups excluding carboxylic acids is 1. The summed E-state index contributed by atoms with van der Waals surface area (Å²) < 4.78 is 5.54. The molecule has 1 amide bonds. The number of aryl methyl sites for hydroxylation is 1. The van der Waals surface area contributed by atoms with Crippen molar-refractivity contribution in [3.63, 3.8) is 0 Å². The van der Waals surface area contributed by atoms with Gasteiger partial charge in [-0.2, -0.15) is 0 Å². The van der Waals surface area contributed by atoms with Gasteiger partial charge in [0.2, 0.25) is 0 Å². The second-order valence-corrected chi connectivity index (χ2v) is 6.78. The summed E-state index contributed by atoms with van der Waals surface area (Å²) >= 11 is 0. The molecule has 0 saturated carbocycles. The number of carbonyl (C=O) groups is 1. The summed E-state index contributed by atoms with van der Waals surface area (Å²) in [5.74, 6) is 0.798. The van der Waals surface area contributed by atoms with Crippen molar-refractivity contribution in [2.45, 2.75) is 39.0 Å². The molecular formula is C20H26N2O3. The minimum atomic E-state index is -0.116. The van der Waals surface area contributed by atoms with Gasteiger partial charge in [0.15, 0.2) is 5.76 Å². The first-order valence-electron chi connectivity index (χ1n) is 8.82. The molecule has 1 unspecified atom stereocenters. The monoisotopic (exact) mass is 342 g/mol. The summed E-state index contributed by atoms with van der Waals surface area (Å²) in [5.41, 5.74) is 1.97. The van der Waals surface area contributed by atoms with Gasteiger partial charge < -0.3 is 14.4 Å². The van der Waals surface area contributed by atoms with Gasteiger partial charge in [-0.05, 0) is 37.9 Å². The highest BCUT2D eigenvalue weighted by Gasteiger charge is 2.28. The van der Waals surface area contributed by atoms with Crippen molar-refractivity contribution >= 4 is 5.91 Å². The average Bonchev–Trinajstić information content (AvgIpc) is 3.02. The van der Waals surface area contributed by atoms with E-state index in [0.29, 0.717) is 17.1 Å². The van der Waals surface area contributed by atoms with Gasteiger partial charge >= 0.3 is 0 Å². The van der Waals surface area contributed by atoms with E-state index in [0.717, 1.165) is 32.5 Å². The molecule has 5 nitrogen and oxygen atoms in total. The molecule has 5 heteroatoms. The van der Waals surface area contributed by atoms with E-state index in [1.165, 1.54) is 5.56 Å². The Morgan fingerprint density at radius 3 is 2.80 bits per heavy atom. The van der Waals surface area contributed by atoms with E-state index in [2.05, 4.69) is 29.2 Å². The largest absolute Gasteiger partial charge is 0.456 e. The fraction of sp³-hybridized carbons (Fsp3) is 0.450. The molecule has 0 bridgehead atoms. The van der Waals surface area contributed by atoms with Gasteiger partial charge in [0.1, 0.15) is 5.76 Å². The third-order valence-corrected chi connectivity index (χ3v) is 5.00. The Balaban J connectivity index is 1.64. The van der Waals surface area contributed by atoms with Crippen molar-refractivity contribution < 1.29 is 14.3 Å². The zero-order valence-electron chi connectivity index (χ0n) is 14.9. The van der Waals surface area contributed by atoms with E-state index in [-0.39, 0.29) is 18.6 Å². The Kier molecular flexibility index (Phi) is 5.56. The van der Waals surface area contributed by atoms with Gasteiger partial charge in [-0.25, -0.2) is 0 Å². The van der Waals surface area contributed by atoms with Crippen molar-refractivity contribution in [1.82, 2.24) is 9.80 Å². The first-order chi connectivity index (χ1) is 12.1. The van der Waals surface area contributed by atoms with Gasteiger partial charge in [0, 0.05) is 31.7 Å². The average molecular weight is 342 g/mol. The maximum atomic E-state index is 12.7. The molecule has 1 aromatic heterocycles. The highest BCUT2D eigenvalue weighted by atomic mass is 16.4. The lowest BCUT2D eigenvalue weighted by atomic mass is 10.0. The van der Waals surface area contributed by atoms with E-state index >= 15 is 0 Å². The van der Waals surface area contributed by atoms with Crippen LogP contribution in [0.15, 0.2) is 40.8 Å². The van der Waals surface area contributed by atoms with E-state index < -0.39 is 0 Å². The molecule has 1 aliphatic heterocycles. The summed E-state index contributed by atoms with van der Waals surface area (Å²) in [6, 6.07) is 12.3. The van der Waals surface area contributed by atoms with Crippen LogP contribution in [-0.2, 0) is 13.2 Å². The maximum absolute atomic E-state index is 12.7. The lowest BCUT2D eigenvalue weighted by molar-refractivity contribution is 0.0578. The smallest absolute Gasteiger partial charge is 0.289 e. The molecule has 1 aliphatic rings. The van der Waals surface area contributed by atoms with Gasteiger partial charge in [0.05, 0.1) is 6.61 Å². The number of aliphatic hydroxyl groups is 1. The van der Waals surface area contributed by atoms with Crippen molar-refractivity contribution in [1.29, 1.82) is 0 Å². The van der Waals surface area contributed by atoms with Crippen LogP contribution in [0.1, 0.15) is 40.3 Å². The molecule has 2 aromatic rings. The van der Waals surface area contributed by atoms with Crippen LogP contribution in [0, 0.1) is 6.92 Å². The number of nitrogens with zero attached hydrogens (tertiary/aromatic N) is 2. The molecule has 134 valence electrons. The van der Waals surface area contributed by atoms with E-state index in [9.17, 15) is 9.90 Å². The quantitative estimate of drug-likeness (QED) is 0.908. The lowest BCUT2D eigenvalue weighted by Gasteiger charge is -2.37. The van der Waals surface area contributed by atoms with Crippen molar-refractivity contribution in [2.75, 3.05) is 20.1 Å². The number of rotatable bonds is 5. The normalized spacial score (nSPS) is 18.3.